The first-order valence-corrected chi connectivity index (χ1v) is 10.7. The van der Waals surface area contributed by atoms with Gasteiger partial charge in [0.1, 0.15) is 0 Å². The predicted molar refractivity (Wildman–Crippen MR) is 116 cm³/mol. The summed E-state index contributed by atoms with van der Waals surface area (Å²) in [5.41, 5.74) is 6.00. The normalized spacial score (nSPS) is 12.6. The van der Waals surface area contributed by atoms with Crippen LogP contribution in [0.4, 0.5) is 0 Å². The molecule has 1 atom stereocenters. The van der Waals surface area contributed by atoms with Crippen LogP contribution >= 0.6 is 12.4 Å². The van der Waals surface area contributed by atoms with Crippen LogP contribution in [0.2, 0.25) is 0 Å². The van der Waals surface area contributed by atoms with Gasteiger partial charge in [0.05, 0.1) is 4.90 Å². The molecular weight excluding hydrogens is 398 g/mol. The first-order valence-electron chi connectivity index (χ1n) is 9.18. The summed E-state index contributed by atoms with van der Waals surface area (Å²) in [5, 5.41) is 1.84. The lowest BCUT2D eigenvalue weighted by Crippen LogP contribution is -2.36. The van der Waals surface area contributed by atoms with Gasteiger partial charge in [-0.2, -0.15) is 0 Å². The topological polar surface area (TPSA) is 92.5 Å². The molecule has 0 heterocycles. The molecule has 28 heavy (non-hydrogen) atoms. The number of hydrogen-bond acceptors (Lipinski definition) is 4. The fourth-order valence-electron chi connectivity index (χ4n) is 2.70. The molecule has 0 aromatic heterocycles. The first-order chi connectivity index (χ1) is 12.7. The molecule has 8 heteroatoms. The van der Waals surface area contributed by atoms with Crippen molar-refractivity contribution in [1.82, 2.24) is 9.62 Å². The second-order valence-electron chi connectivity index (χ2n) is 7.17. The number of amides is 1. The second-order valence-corrected chi connectivity index (χ2v) is 8.94. The van der Waals surface area contributed by atoms with Crippen LogP contribution in [0.25, 0.3) is 10.8 Å². The number of sulfonamides is 1. The average molecular weight is 428 g/mol. The van der Waals surface area contributed by atoms with E-state index >= 15 is 0 Å². The zero-order chi connectivity index (χ0) is 20.0. The Morgan fingerprint density at radius 3 is 2.43 bits per heavy atom. The quantitative estimate of drug-likeness (QED) is 0.643. The van der Waals surface area contributed by atoms with Gasteiger partial charge >= 0.3 is 0 Å². The molecule has 0 aliphatic rings. The molecule has 1 unspecified atom stereocenters. The lowest BCUT2D eigenvalue weighted by atomic mass is 10.0. The molecule has 6 nitrogen and oxygen atoms in total. The SMILES string of the molecule is CC(C)C(N)CCN(C)C(=O)CCNS(=O)(=O)c1ccc2ccccc2c1.Cl. The summed E-state index contributed by atoms with van der Waals surface area (Å²) in [4.78, 5) is 14.0. The number of nitrogens with zero attached hydrogens (tertiary/aromatic N) is 1. The van der Waals surface area contributed by atoms with Crippen molar-refractivity contribution in [3.8, 4) is 0 Å². The van der Waals surface area contributed by atoms with E-state index in [1.165, 1.54) is 0 Å². The van der Waals surface area contributed by atoms with Crippen LogP contribution in [0.1, 0.15) is 26.7 Å². The Hall–Kier alpha value is -1.67. The minimum atomic E-state index is -3.65. The number of rotatable bonds is 9. The number of fused-ring (bicyclic) bond motifs is 1. The third-order valence-corrected chi connectivity index (χ3v) is 6.20. The molecule has 0 aliphatic carbocycles. The maximum Gasteiger partial charge on any atom is 0.240 e. The van der Waals surface area contributed by atoms with Gasteiger partial charge in [0, 0.05) is 32.6 Å². The number of nitrogens with one attached hydrogen (secondary N) is 1. The van der Waals surface area contributed by atoms with E-state index in [9.17, 15) is 13.2 Å². The molecular formula is C20H30ClN3O3S. The Morgan fingerprint density at radius 1 is 1.14 bits per heavy atom. The summed E-state index contributed by atoms with van der Waals surface area (Å²) in [6.07, 6.45) is 0.836. The molecule has 3 N–H and O–H groups in total. The average Bonchev–Trinajstić information content (AvgIpc) is 2.64. The van der Waals surface area contributed by atoms with Crippen LogP contribution in [0.5, 0.6) is 0 Å². The summed E-state index contributed by atoms with van der Waals surface area (Å²) in [7, 11) is -1.94. The van der Waals surface area contributed by atoms with Gasteiger partial charge < -0.3 is 10.6 Å². The van der Waals surface area contributed by atoms with Gasteiger partial charge in [-0.15, -0.1) is 12.4 Å². The van der Waals surface area contributed by atoms with E-state index in [1.54, 1.807) is 30.1 Å². The predicted octanol–water partition coefficient (Wildman–Crippen LogP) is 2.76. The summed E-state index contributed by atoms with van der Waals surface area (Å²) < 4.78 is 27.4. The van der Waals surface area contributed by atoms with Crippen molar-refractivity contribution in [3.05, 3.63) is 42.5 Å². The molecule has 0 radical (unpaired) electrons. The fourth-order valence-corrected chi connectivity index (χ4v) is 3.77. The third kappa shape index (κ3) is 6.74. The highest BCUT2D eigenvalue weighted by Crippen LogP contribution is 2.18. The Bertz CT molecular complexity index is 887. The number of benzene rings is 2. The highest BCUT2D eigenvalue weighted by Gasteiger charge is 2.16. The highest BCUT2D eigenvalue weighted by molar-refractivity contribution is 7.89. The highest BCUT2D eigenvalue weighted by atomic mass is 35.5. The van der Waals surface area contributed by atoms with Crippen molar-refractivity contribution >= 4 is 39.1 Å². The van der Waals surface area contributed by atoms with Gasteiger partial charge in [-0.3, -0.25) is 4.79 Å². The van der Waals surface area contributed by atoms with E-state index in [0.29, 0.717) is 12.5 Å². The summed E-state index contributed by atoms with van der Waals surface area (Å²) >= 11 is 0. The fraction of sp³-hybridized carbons (Fsp3) is 0.450. The largest absolute Gasteiger partial charge is 0.346 e. The smallest absolute Gasteiger partial charge is 0.240 e. The molecule has 2 aromatic rings. The second kappa shape index (κ2) is 10.8. The summed E-state index contributed by atoms with van der Waals surface area (Å²) in [6, 6.07) is 12.6. The van der Waals surface area contributed by atoms with Crippen LogP contribution in [0.3, 0.4) is 0 Å². The van der Waals surface area contributed by atoms with Crippen molar-refractivity contribution in [1.29, 1.82) is 0 Å². The number of halogens is 1. The number of carbonyl (C=O) groups is 1. The van der Waals surface area contributed by atoms with Gasteiger partial charge in [-0.25, -0.2) is 13.1 Å². The molecule has 0 saturated carbocycles. The Balaban J connectivity index is 0.00000392. The summed E-state index contributed by atoms with van der Waals surface area (Å²) in [6.45, 7) is 4.73. The van der Waals surface area contributed by atoms with E-state index in [4.69, 9.17) is 5.73 Å². The van der Waals surface area contributed by atoms with Crippen LogP contribution in [0.15, 0.2) is 47.4 Å². The van der Waals surface area contributed by atoms with Crippen molar-refractivity contribution in [2.24, 2.45) is 11.7 Å². The molecule has 2 rings (SSSR count). The molecule has 2 aromatic carbocycles. The maximum atomic E-state index is 12.5. The minimum Gasteiger partial charge on any atom is -0.346 e. The van der Waals surface area contributed by atoms with Crippen LogP contribution in [0, 0.1) is 5.92 Å². The molecule has 0 fully saturated rings. The van der Waals surface area contributed by atoms with Gasteiger partial charge in [0.15, 0.2) is 0 Å². The molecule has 0 aliphatic heterocycles. The van der Waals surface area contributed by atoms with Crippen molar-refractivity contribution < 1.29 is 13.2 Å². The molecule has 156 valence electrons. The minimum absolute atomic E-state index is 0. The third-order valence-electron chi connectivity index (χ3n) is 4.74. The monoisotopic (exact) mass is 427 g/mol. The molecule has 0 spiro atoms. The molecule has 0 bridgehead atoms. The van der Waals surface area contributed by atoms with Crippen molar-refractivity contribution in [2.75, 3.05) is 20.1 Å². The number of hydrogen-bond donors (Lipinski definition) is 2. The van der Waals surface area contributed by atoms with E-state index in [1.807, 2.05) is 38.1 Å². The lowest BCUT2D eigenvalue weighted by Gasteiger charge is -2.21. The molecule has 0 saturated heterocycles. The standard InChI is InChI=1S/C20H29N3O3S.ClH/c1-15(2)19(21)11-13-23(3)20(24)10-12-22-27(25,26)18-9-8-16-6-4-5-7-17(16)14-18;/h4-9,14-15,19,22H,10-13,21H2,1-3H3;1H. The van der Waals surface area contributed by atoms with Crippen LogP contribution in [-0.2, 0) is 14.8 Å². The maximum absolute atomic E-state index is 12.5. The number of carbonyl (C=O) groups excluding carboxylic acids is 1. The summed E-state index contributed by atoms with van der Waals surface area (Å²) in [5.74, 6) is 0.259. The van der Waals surface area contributed by atoms with Gasteiger partial charge in [-0.05, 0) is 35.2 Å². The van der Waals surface area contributed by atoms with E-state index in [-0.39, 0.29) is 42.2 Å². The lowest BCUT2D eigenvalue weighted by molar-refractivity contribution is -0.129. The van der Waals surface area contributed by atoms with Crippen LogP contribution < -0.4 is 10.5 Å². The van der Waals surface area contributed by atoms with Gasteiger partial charge in [0.25, 0.3) is 0 Å². The van der Waals surface area contributed by atoms with Gasteiger partial charge in [-0.1, -0.05) is 44.2 Å². The molecule has 1 amide bonds. The van der Waals surface area contributed by atoms with Gasteiger partial charge in [0.2, 0.25) is 15.9 Å². The zero-order valence-corrected chi connectivity index (χ0v) is 18.2. The first kappa shape index (κ1) is 24.4. The Labute approximate surface area is 173 Å². The van der Waals surface area contributed by atoms with E-state index < -0.39 is 10.0 Å². The van der Waals surface area contributed by atoms with Crippen molar-refractivity contribution in [2.45, 2.75) is 37.6 Å². The Morgan fingerprint density at radius 2 is 1.79 bits per heavy atom. The van der Waals surface area contributed by atoms with E-state index in [2.05, 4.69) is 4.72 Å². The van der Waals surface area contributed by atoms with E-state index in [0.717, 1.165) is 17.2 Å². The van der Waals surface area contributed by atoms with Crippen LogP contribution in [-0.4, -0.2) is 45.4 Å². The zero-order valence-electron chi connectivity index (χ0n) is 16.6. The Kier molecular flexibility index (Phi) is 9.36. The number of nitrogens with two attached hydrogens (primary N) is 1. The van der Waals surface area contributed by atoms with Crippen molar-refractivity contribution in [3.63, 3.8) is 0 Å².